The van der Waals surface area contributed by atoms with Crippen LogP contribution in [0.15, 0.2) is 0 Å². The molecule has 0 radical (unpaired) electrons. The molecule has 88 valence electrons. The van der Waals surface area contributed by atoms with E-state index in [2.05, 4.69) is 18.9 Å². The molecule has 0 atom stereocenters. The SMILES string of the molecule is CC(=O)N1CCc2c(C(C)C)nn(C)c2C1. The van der Waals surface area contributed by atoms with Crippen LogP contribution in [-0.2, 0) is 24.8 Å². The first-order valence-electron chi connectivity index (χ1n) is 5.81. The number of amides is 1. The van der Waals surface area contributed by atoms with E-state index in [9.17, 15) is 4.79 Å². The molecule has 0 saturated heterocycles. The van der Waals surface area contributed by atoms with Crippen molar-refractivity contribution in [1.29, 1.82) is 0 Å². The second kappa shape index (κ2) is 3.92. The van der Waals surface area contributed by atoms with Gasteiger partial charge >= 0.3 is 0 Å². The molecule has 0 bridgehead atoms. The van der Waals surface area contributed by atoms with E-state index in [4.69, 9.17) is 0 Å². The van der Waals surface area contributed by atoms with E-state index in [1.807, 2.05) is 16.6 Å². The fourth-order valence-electron chi connectivity index (χ4n) is 2.33. The van der Waals surface area contributed by atoms with E-state index >= 15 is 0 Å². The molecule has 0 fully saturated rings. The second-order valence-electron chi connectivity index (χ2n) is 4.78. The number of fused-ring (bicyclic) bond motifs is 1. The van der Waals surface area contributed by atoms with Gasteiger partial charge in [0.1, 0.15) is 0 Å². The first-order valence-corrected chi connectivity index (χ1v) is 5.81. The highest BCUT2D eigenvalue weighted by Gasteiger charge is 2.25. The number of carbonyl (C=O) groups is 1. The van der Waals surface area contributed by atoms with Crippen molar-refractivity contribution in [3.8, 4) is 0 Å². The molecule has 1 aromatic rings. The van der Waals surface area contributed by atoms with E-state index in [1.165, 1.54) is 17.0 Å². The van der Waals surface area contributed by atoms with Gasteiger partial charge < -0.3 is 4.90 Å². The Morgan fingerprint density at radius 2 is 2.12 bits per heavy atom. The average Bonchev–Trinajstić information content (AvgIpc) is 2.56. The van der Waals surface area contributed by atoms with Gasteiger partial charge in [-0.2, -0.15) is 5.10 Å². The van der Waals surface area contributed by atoms with E-state index in [0.29, 0.717) is 12.5 Å². The van der Waals surface area contributed by atoms with Gasteiger partial charge in [-0.1, -0.05) is 13.8 Å². The van der Waals surface area contributed by atoms with Crippen molar-refractivity contribution in [3.63, 3.8) is 0 Å². The van der Waals surface area contributed by atoms with Gasteiger partial charge in [0.15, 0.2) is 0 Å². The van der Waals surface area contributed by atoms with E-state index in [0.717, 1.165) is 13.0 Å². The highest BCUT2D eigenvalue weighted by molar-refractivity contribution is 5.73. The number of aryl methyl sites for hydroxylation is 1. The molecule has 2 heterocycles. The molecule has 0 aromatic carbocycles. The maximum Gasteiger partial charge on any atom is 0.219 e. The molecule has 1 aliphatic rings. The molecular weight excluding hydrogens is 202 g/mol. The summed E-state index contributed by atoms with van der Waals surface area (Å²) in [6, 6.07) is 0. The third-order valence-corrected chi connectivity index (χ3v) is 3.27. The van der Waals surface area contributed by atoms with Crippen LogP contribution < -0.4 is 0 Å². The molecule has 2 rings (SSSR count). The number of nitrogens with zero attached hydrogens (tertiary/aromatic N) is 3. The minimum absolute atomic E-state index is 0.151. The second-order valence-corrected chi connectivity index (χ2v) is 4.78. The molecule has 0 aliphatic carbocycles. The molecule has 1 amide bonds. The molecule has 0 unspecified atom stereocenters. The van der Waals surface area contributed by atoms with E-state index in [1.54, 1.807) is 6.92 Å². The molecule has 4 heteroatoms. The van der Waals surface area contributed by atoms with Crippen LogP contribution in [0.25, 0.3) is 0 Å². The number of hydrogen-bond acceptors (Lipinski definition) is 2. The highest BCUT2D eigenvalue weighted by atomic mass is 16.2. The van der Waals surface area contributed by atoms with Crippen LogP contribution in [0.4, 0.5) is 0 Å². The molecule has 16 heavy (non-hydrogen) atoms. The van der Waals surface area contributed by atoms with Gasteiger partial charge in [-0.15, -0.1) is 0 Å². The van der Waals surface area contributed by atoms with Crippen molar-refractivity contribution in [1.82, 2.24) is 14.7 Å². The minimum Gasteiger partial charge on any atom is -0.337 e. The Balaban J connectivity index is 2.36. The van der Waals surface area contributed by atoms with Crippen molar-refractivity contribution in [2.45, 2.75) is 39.7 Å². The van der Waals surface area contributed by atoms with Crippen molar-refractivity contribution in [2.24, 2.45) is 7.05 Å². The van der Waals surface area contributed by atoms with Gasteiger partial charge in [-0.3, -0.25) is 9.48 Å². The van der Waals surface area contributed by atoms with Crippen molar-refractivity contribution in [2.75, 3.05) is 6.54 Å². The Hall–Kier alpha value is -1.32. The Morgan fingerprint density at radius 1 is 1.44 bits per heavy atom. The zero-order valence-electron chi connectivity index (χ0n) is 10.4. The number of hydrogen-bond donors (Lipinski definition) is 0. The Labute approximate surface area is 96.2 Å². The van der Waals surface area contributed by atoms with Crippen LogP contribution in [0.1, 0.15) is 43.6 Å². The quantitative estimate of drug-likeness (QED) is 0.720. The lowest BCUT2D eigenvalue weighted by atomic mass is 9.98. The van der Waals surface area contributed by atoms with Gasteiger partial charge in [-0.05, 0) is 12.3 Å². The summed E-state index contributed by atoms with van der Waals surface area (Å²) in [5.74, 6) is 0.608. The average molecular weight is 221 g/mol. The van der Waals surface area contributed by atoms with Crippen LogP contribution in [-0.4, -0.2) is 27.1 Å². The van der Waals surface area contributed by atoms with Crippen molar-refractivity contribution >= 4 is 5.91 Å². The first-order chi connectivity index (χ1) is 7.50. The molecule has 4 nitrogen and oxygen atoms in total. The maximum absolute atomic E-state index is 11.4. The normalized spacial score (nSPS) is 15.4. The third kappa shape index (κ3) is 1.72. The monoisotopic (exact) mass is 221 g/mol. The highest BCUT2D eigenvalue weighted by Crippen LogP contribution is 2.26. The molecular formula is C12H19N3O. The summed E-state index contributed by atoms with van der Waals surface area (Å²) < 4.78 is 1.93. The predicted molar refractivity (Wildman–Crippen MR) is 62.1 cm³/mol. The van der Waals surface area contributed by atoms with Gasteiger partial charge in [0.25, 0.3) is 0 Å². The summed E-state index contributed by atoms with van der Waals surface area (Å²) in [5, 5.41) is 4.56. The number of rotatable bonds is 1. The fraction of sp³-hybridized carbons (Fsp3) is 0.667. The summed E-state index contributed by atoms with van der Waals surface area (Å²) >= 11 is 0. The predicted octanol–water partition coefficient (Wildman–Crippen LogP) is 1.45. The summed E-state index contributed by atoms with van der Waals surface area (Å²) in [6.45, 7) is 7.50. The standard InChI is InChI=1S/C12H19N3O/c1-8(2)12-10-5-6-15(9(3)16)7-11(10)14(4)13-12/h8H,5-7H2,1-4H3. The Kier molecular flexibility index (Phi) is 2.74. The lowest BCUT2D eigenvalue weighted by Crippen LogP contribution is -2.35. The zero-order valence-corrected chi connectivity index (χ0v) is 10.4. The Bertz CT molecular complexity index is 420. The van der Waals surface area contributed by atoms with Gasteiger partial charge in [0.2, 0.25) is 5.91 Å². The topological polar surface area (TPSA) is 38.1 Å². The molecule has 0 spiro atoms. The third-order valence-electron chi connectivity index (χ3n) is 3.27. The zero-order chi connectivity index (χ0) is 11.9. The minimum atomic E-state index is 0.151. The smallest absolute Gasteiger partial charge is 0.219 e. The van der Waals surface area contributed by atoms with Crippen molar-refractivity contribution < 1.29 is 4.79 Å². The number of carbonyl (C=O) groups excluding carboxylic acids is 1. The van der Waals surface area contributed by atoms with Crippen LogP contribution in [0, 0.1) is 0 Å². The molecule has 0 saturated carbocycles. The molecule has 1 aliphatic heterocycles. The largest absolute Gasteiger partial charge is 0.337 e. The van der Waals surface area contributed by atoms with Crippen molar-refractivity contribution in [3.05, 3.63) is 17.0 Å². The van der Waals surface area contributed by atoms with Crippen LogP contribution >= 0.6 is 0 Å². The lowest BCUT2D eigenvalue weighted by Gasteiger charge is -2.26. The first kappa shape index (κ1) is 11.2. The number of aromatic nitrogens is 2. The van der Waals surface area contributed by atoms with E-state index in [-0.39, 0.29) is 5.91 Å². The lowest BCUT2D eigenvalue weighted by molar-refractivity contribution is -0.129. The Morgan fingerprint density at radius 3 is 2.69 bits per heavy atom. The summed E-state index contributed by atoms with van der Waals surface area (Å²) in [4.78, 5) is 13.2. The van der Waals surface area contributed by atoms with Crippen LogP contribution in [0.3, 0.4) is 0 Å². The maximum atomic E-state index is 11.4. The van der Waals surface area contributed by atoms with Gasteiger partial charge in [0, 0.05) is 26.1 Å². The van der Waals surface area contributed by atoms with E-state index < -0.39 is 0 Å². The van der Waals surface area contributed by atoms with Gasteiger partial charge in [-0.25, -0.2) is 0 Å². The fourth-order valence-corrected chi connectivity index (χ4v) is 2.33. The summed E-state index contributed by atoms with van der Waals surface area (Å²) in [5.41, 5.74) is 3.75. The van der Waals surface area contributed by atoms with Crippen LogP contribution in [0.2, 0.25) is 0 Å². The summed E-state index contributed by atoms with van der Waals surface area (Å²) in [7, 11) is 1.97. The van der Waals surface area contributed by atoms with Gasteiger partial charge in [0.05, 0.1) is 17.9 Å². The molecule has 0 N–H and O–H groups in total. The van der Waals surface area contributed by atoms with Crippen LogP contribution in [0.5, 0.6) is 0 Å². The summed E-state index contributed by atoms with van der Waals surface area (Å²) in [6.07, 6.45) is 0.941. The molecule has 1 aromatic heterocycles.